The Hall–Kier alpha value is -2.88. The lowest BCUT2D eigenvalue weighted by Gasteiger charge is -2.16. The zero-order valence-electron chi connectivity index (χ0n) is 21.2. The van der Waals surface area contributed by atoms with Gasteiger partial charge in [-0.25, -0.2) is 0 Å². The van der Waals surface area contributed by atoms with Gasteiger partial charge in [0.25, 0.3) is 0 Å². The number of ether oxygens (including phenoxy) is 2. The van der Waals surface area contributed by atoms with E-state index in [4.69, 9.17) is 9.47 Å². The Morgan fingerprint density at radius 1 is 1.08 bits per heavy atom. The van der Waals surface area contributed by atoms with Gasteiger partial charge in [0.05, 0.1) is 11.7 Å². The first-order valence-corrected chi connectivity index (χ1v) is 14.0. The summed E-state index contributed by atoms with van der Waals surface area (Å²) in [6, 6.07) is 8.94. The highest BCUT2D eigenvalue weighted by Crippen LogP contribution is 2.36. The highest BCUT2D eigenvalue weighted by atomic mass is 31.2. The van der Waals surface area contributed by atoms with E-state index in [9.17, 15) is 32.3 Å². The fourth-order valence-electron chi connectivity index (χ4n) is 3.47. The number of pyridine rings is 1. The molecule has 0 aliphatic rings. The minimum Gasteiger partial charge on any atom is -0.487 e. The Morgan fingerprint density at radius 3 is 2.45 bits per heavy atom. The molecule has 1 heterocycles. The first-order valence-electron chi connectivity index (χ1n) is 12.3. The number of carbonyl (C=O) groups is 1. The zero-order valence-corrected chi connectivity index (χ0v) is 22.1. The standard InChI is InChI=1S/C26H34F3N2O6P/c1-2-3-4-5-6-7-25(32)31-21(13-15-38(33,34)35)16-20-8-10-23(11-9-20)36-18-22-17-24(12-14-30-22)37-19-26(27,28)29/h8-15,17,21H,2-7,16,18-19H2,1H3,(H,31,32)(H2,33,34,35). The van der Waals surface area contributed by atoms with Crippen LogP contribution in [0, 0.1) is 0 Å². The largest absolute Gasteiger partial charge is 0.487 e. The summed E-state index contributed by atoms with van der Waals surface area (Å²) in [6.45, 7) is 0.716. The molecule has 0 fully saturated rings. The minimum atomic E-state index is -4.44. The molecule has 0 aliphatic carbocycles. The van der Waals surface area contributed by atoms with Crippen molar-refractivity contribution in [2.75, 3.05) is 6.61 Å². The summed E-state index contributed by atoms with van der Waals surface area (Å²) < 4.78 is 58.7. The van der Waals surface area contributed by atoms with Gasteiger partial charge in [-0.05, 0) is 36.6 Å². The minimum absolute atomic E-state index is 0.00449. The van der Waals surface area contributed by atoms with E-state index >= 15 is 0 Å². The number of rotatable bonds is 16. The molecule has 1 amide bonds. The molecule has 12 heteroatoms. The van der Waals surface area contributed by atoms with Gasteiger partial charge in [0, 0.05) is 24.5 Å². The average molecular weight is 559 g/mol. The quantitative estimate of drug-likeness (QED) is 0.179. The van der Waals surface area contributed by atoms with Gasteiger partial charge in [0.15, 0.2) is 6.61 Å². The second-order valence-corrected chi connectivity index (χ2v) is 10.3. The number of alkyl halides is 3. The van der Waals surface area contributed by atoms with E-state index in [1.807, 2.05) is 0 Å². The summed E-state index contributed by atoms with van der Waals surface area (Å²) >= 11 is 0. The van der Waals surface area contributed by atoms with E-state index < -0.39 is 26.4 Å². The first kappa shape index (κ1) is 31.3. The Balaban J connectivity index is 1.93. The second-order valence-electron chi connectivity index (χ2n) is 8.79. The molecule has 1 aromatic carbocycles. The average Bonchev–Trinajstić information content (AvgIpc) is 2.85. The lowest BCUT2D eigenvalue weighted by Crippen LogP contribution is -2.34. The van der Waals surface area contributed by atoms with Gasteiger partial charge in [-0.3, -0.25) is 14.3 Å². The van der Waals surface area contributed by atoms with Gasteiger partial charge < -0.3 is 24.6 Å². The van der Waals surface area contributed by atoms with Crippen LogP contribution in [0.5, 0.6) is 11.5 Å². The van der Waals surface area contributed by atoms with Crippen LogP contribution in [0.4, 0.5) is 13.2 Å². The van der Waals surface area contributed by atoms with E-state index in [2.05, 4.69) is 17.2 Å². The molecule has 2 aromatic rings. The van der Waals surface area contributed by atoms with Gasteiger partial charge in [0.1, 0.15) is 18.1 Å². The summed E-state index contributed by atoms with van der Waals surface area (Å²) in [7, 11) is -4.39. The fraction of sp³-hybridized carbons (Fsp3) is 0.462. The van der Waals surface area contributed by atoms with Gasteiger partial charge >= 0.3 is 13.8 Å². The molecule has 1 unspecified atom stereocenters. The van der Waals surface area contributed by atoms with Crippen LogP contribution in [0.1, 0.15) is 56.7 Å². The molecular formula is C26H34F3N2O6P. The van der Waals surface area contributed by atoms with E-state index in [0.717, 1.165) is 43.5 Å². The molecule has 3 N–H and O–H groups in total. The van der Waals surface area contributed by atoms with Crippen LogP contribution in [-0.4, -0.2) is 39.5 Å². The predicted octanol–water partition coefficient (Wildman–Crippen LogP) is 5.68. The molecule has 1 atom stereocenters. The Morgan fingerprint density at radius 2 is 1.79 bits per heavy atom. The number of aromatic nitrogens is 1. The lowest BCUT2D eigenvalue weighted by molar-refractivity contribution is -0.153. The Bertz CT molecular complexity index is 1070. The number of nitrogens with one attached hydrogen (secondary N) is 1. The lowest BCUT2D eigenvalue weighted by atomic mass is 10.1. The molecule has 0 aliphatic heterocycles. The third-order valence-corrected chi connectivity index (χ3v) is 5.88. The second kappa shape index (κ2) is 15.5. The third-order valence-electron chi connectivity index (χ3n) is 5.32. The number of hydrogen-bond acceptors (Lipinski definition) is 5. The predicted molar refractivity (Wildman–Crippen MR) is 137 cm³/mol. The zero-order chi connectivity index (χ0) is 28.0. The maximum Gasteiger partial charge on any atom is 0.422 e. The number of amides is 1. The molecule has 210 valence electrons. The van der Waals surface area contributed by atoms with Crippen molar-refractivity contribution in [3.8, 4) is 11.5 Å². The van der Waals surface area contributed by atoms with Crippen molar-refractivity contribution in [1.82, 2.24) is 10.3 Å². The Kier molecular flexibility index (Phi) is 12.8. The molecule has 8 nitrogen and oxygen atoms in total. The summed E-state index contributed by atoms with van der Waals surface area (Å²) in [6.07, 6.45) is 3.83. The highest BCUT2D eigenvalue weighted by Gasteiger charge is 2.28. The van der Waals surface area contributed by atoms with Gasteiger partial charge in [-0.15, -0.1) is 0 Å². The maximum atomic E-state index is 12.4. The highest BCUT2D eigenvalue weighted by molar-refractivity contribution is 7.55. The smallest absolute Gasteiger partial charge is 0.422 e. The van der Waals surface area contributed by atoms with Crippen LogP contribution in [0.15, 0.2) is 54.5 Å². The van der Waals surface area contributed by atoms with Crippen molar-refractivity contribution in [3.63, 3.8) is 0 Å². The number of benzene rings is 1. The van der Waals surface area contributed by atoms with E-state index in [0.29, 0.717) is 24.3 Å². The molecule has 0 radical (unpaired) electrons. The third kappa shape index (κ3) is 14.2. The normalized spacial score (nSPS) is 12.9. The number of carbonyl (C=O) groups excluding carboxylic acids is 1. The van der Waals surface area contributed by atoms with Crippen LogP contribution in [0.3, 0.4) is 0 Å². The fourth-order valence-corrected chi connectivity index (χ4v) is 3.91. The topological polar surface area (TPSA) is 118 Å². The van der Waals surface area contributed by atoms with Crippen LogP contribution in [-0.2, 0) is 22.4 Å². The molecule has 0 saturated carbocycles. The number of hydrogen-bond donors (Lipinski definition) is 3. The number of unbranched alkanes of at least 4 members (excludes halogenated alkanes) is 4. The van der Waals surface area contributed by atoms with Crippen LogP contribution in [0.25, 0.3) is 0 Å². The Labute approximate surface area is 220 Å². The number of nitrogens with zero attached hydrogens (tertiary/aromatic N) is 1. The van der Waals surface area contributed by atoms with Crippen molar-refractivity contribution < 1.29 is 41.8 Å². The number of halogens is 3. The molecule has 0 bridgehead atoms. The van der Waals surface area contributed by atoms with Crippen molar-refractivity contribution >= 4 is 13.5 Å². The van der Waals surface area contributed by atoms with E-state index in [1.165, 1.54) is 24.4 Å². The first-order chi connectivity index (χ1) is 17.9. The summed E-state index contributed by atoms with van der Waals surface area (Å²) in [5.74, 6) is 1.12. The van der Waals surface area contributed by atoms with E-state index in [1.54, 1.807) is 24.3 Å². The van der Waals surface area contributed by atoms with Crippen molar-refractivity contribution in [3.05, 3.63) is 65.7 Å². The molecule has 38 heavy (non-hydrogen) atoms. The maximum absolute atomic E-state index is 12.4. The van der Waals surface area contributed by atoms with Crippen molar-refractivity contribution in [1.29, 1.82) is 0 Å². The van der Waals surface area contributed by atoms with Crippen LogP contribution < -0.4 is 14.8 Å². The van der Waals surface area contributed by atoms with Crippen LogP contribution in [0.2, 0.25) is 0 Å². The summed E-state index contributed by atoms with van der Waals surface area (Å²) in [4.78, 5) is 34.8. The van der Waals surface area contributed by atoms with Crippen molar-refractivity contribution in [2.45, 2.75) is 70.7 Å². The molecule has 0 spiro atoms. The summed E-state index contributed by atoms with van der Waals surface area (Å²) in [5.41, 5.74) is 1.18. The van der Waals surface area contributed by atoms with Gasteiger partial charge in [0.2, 0.25) is 5.91 Å². The van der Waals surface area contributed by atoms with E-state index in [-0.39, 0.29) is 18.3 Å². The molecule has 1 aromatic heterocycles. The molecule has 2 rings (SSSR count). The van der Waals surface area contributed by atoms with Gasteiger partial charge in [-0.2, -0.15) is 13.2 Å². The monoisotopic (exact) mass is 558 g/mol. The van der Waals surface area contributed by atoms with Crippen LogP contribution >= 0.6 is 7.60 Å². The SMILES string of the molecule is CCCCCCCC(=O)NC(C=CP(=O)(O)O)Cc1ccc(OCc2cc(OCC(F)(F)F)ccn2)cc1. The van der Waals surface area contributed by atoms with Gasteiger partial charge in [-0.1, -0.05) is 50.8 Å². The molecule has 0 saturated heterocycles. The summed E-state index contributed by atoms with van der Waals surface area (Å²) in [5, 5.41) is 2.82. The van der Waals surface area contributed by atoms with Crippen molar-refractivity contribution in [2.24, 2.45) is 0 Å². The molecular weight excluding hydrogens is 524 g/mol.